The lowest BCUT2D eigenvalue weighted by molar-refractivity contribution is -0.138. The molecule has 1 atom stereocenters. The summed E-state index contributed by atoms with van der Waals surface area (Å²) in [6, 6.07) is 7.98. The minimum atomic E-state index is -0.0848. The van der Waals surface area contributed by atoms with Crippen LogP contribution in [0.3, 0.4) is 0 Å². The molecule has 2 amide bonds. The number of hydrogen-bond donors (Lipinski definition) is 0. The molecule has 2 fully saturated rings. The van der Waals surface area contributed by atoms with E-state index in [1.54, 1.807) is 0 Å². The number of likely N-dealkylation sites (tertiary alicyclic amines) is 1. The van der Waals surface area contributed by atoms with Crippen LogP contribution < -0.4 is 4.74 Å². The zero-order chi connectivity index (χ0) is 19.5. The third kappa shape index (κ3) is 4.32. The minimum Gasteiger partial charge on any atom is -0.492 e. The van der Waals surface area contributed by atoms with Crippen LogP contribution >= 0.6 is 0 Å². The van der Waals surface area contributed by atoms with E-state index >= 15 is 0 Å². The lowest BCUT2D eigenvalue weighted by Crippen LogP contribution is -2.48. The van der Waals surface area contributed by atoms with E-state index in [1.165, 1.54) is 0 Å². The highest BCUT2D eigenvalue weighted by Gasteiger charge is 2.32. The van der Waals surface area contributed by atoms with Crippen LogP contribution in [-0.4, -0.2) is 79.4 Å². The molecule has 3 aliphatic rings. The number of fused-ring (bicyclic) bond motifs is 1. The number of nitrogens with zero attached hydrogens (tertiary/aromatic N) is 3. The Hall–Kier alpha value is -2.08. The summed E-state index contributed by atoms with van der Waals surface area (Å²) in [6.45, 7) is 5.61. The number of para-hydroxylation sites is 1. The van der Waals surface area contributed by atoms with Crippen molar-refractivity contribution in [2.75, 3.05) is 52.9 Å². The topological polar surface area (TPSA) is 53.1 Å². The number of hydrogen-bond acceptors (Lipinski definition) is 4. The molecular formula is C22H31N3O3. The van der Waals surface area contributed by atoms with Gasteiger partial charge >= 0.3 is 0 Å². The first-order valence-corrected chi connectivity index (χ1v) is 10.6. The molecule has 1 aromatic carbocycles. The zero-order valence-corrected chi connectivity index (χ0v) is 16.8. The normalized spacial score (nSPS) is 23.8. The smallest absolute Gasteiger partial charge is 0.229 e. The quantitative estimate of drug-likeness (QED) is 0.794. The lowest BCUT2D eigenvalue weighted by atomic mass is 9.90. The van der Waals surface area contributed by atoms with Crippen molar-refractivity contribution < 1.29 is 14.3 Å². The first-order chi connectivity index (χ1) is 13.6. The van der Waals surface area contributed by atoms with Gasteiger partial charge in [0.15, 0.2) is 0 Å². The summed E-state index contributed by atoms with van der Waals surface area (Å²) in [4.78, 5) is 31.8. The zero-order valence-electron chi connectivity index (χ0n) is 16.8. The Morgan fingerprint density at radius 3 is 2.46 bits per heavy atom. The van der Waals surface area contributed by atoms with Gasteiger partial charge in [-0.2, -0.15) is 0 Å². The van der Waals surface area contributed by atoms with Crippen molar-refractivity contribution >= 4 is 11.8 Å². The van der Waals surface area contributed by atoms with Crippen molar-refractivity contribution in [3.8, 4) is 5.75 Å². The maximum absolute atomic E-state index is 12.9. The molecule has 0 aliphatic carbocycles. The molecule has 152 valence electrons. The van der Waals surface area contributed by atoms with E-state index in [4.69, 9.17) is 4.74 Å². The molecule has 1 unspecified atom stereocenters. The van der Waals surface area contributed by atoms with Crippen LogP contribution in [-0.2, 0) is 16.0 Å². The molecule has 0 bridgehead atoms. The monoisotopic (exact) mass is 385 g/mol. The Morgan fingerprint density at radius 1 is 1.00 bits per heavy atom. The summed E-state index contributed by atoms with van der Waals surface area (Å²) < 4.78 is 5.80. The summed E-state index contributed by atoms with van der Waals surface area (Å²) in [5.74, 6) is 1.72. The summed E-state index contributed by atoms with van der Waals surface area (Å²) in [6.07, 6.45) is 3.24. The molecule has 3 heterocycles. The average molecular weight is 386 g/mol. The largest absolute Gasteiger partial charge is 0.492 e. The maximum Gasteiger partial charge on any atom is 0.229 e. The van der Waals surface area contributed by atoms with Crippen molar-refractivity contribution in [1.29, 1.82) is 0 Å². The predicted molar refractivity (Wildman–Crippen MR) is 107 cm³/mol. The van der Waals surface area contributed by atoms with Crippen LogP contribution in [0.5, 0.6) is 5.75 Å². The van der Waals surface area contributed by atoms with Crippen LogP contribution in [0.1, 0.15) is 24.8 Å². The number of amides is 2. The van der Waals surface area contributed by atoms with Gasteiger partial charge in [0.05, 0.1) is 5.92 Å². The number of piperazine rings is 1. The highest BCUT2D eigenvalue weighted by Crippen LogP contribution is 2.29. The molecule has 3 aliphatic heterocycles. The third-order valence-corrected chi connectivity index (χ3v) is 6.47. The Morgan fingerprint density at radius 2 is 1.71 bits per heavy atom. The Bertz CT molecular complexity index is 707. The average Bonchev–Trinajstić information content (AvgIpc) is 2.74. The third-order valence-electron chi connectivity index (χ3n) is 6.47. The lowest BCUT2D eigenvalue weighted by Gasteiger charge is -2.37. The molecule has 0 spiro atoms. The second kappa shape index (κ2) is 8.52. The molecule has 6 nitrogen and oxygen atoms in total. The number of carbonyl (C=O) groups excluding carboxylic acids is 2. The molecule has 0 saturated carbocycles. The number of benzene rings is 1. The Kier molecular flexibility index (Phi) is 5.85. The fraction of sp³-hybridized carbons (Fsp3) is 0.636. The van der Waals surface area contributed by atoms with Gasteiger partial charge in [0, 0.05) is 45.7 Å². The van der Waals surface area contributed by atoms with Crippen molar-refractivity contribution in [3.05, 3.63) is 29.8 Å². The van der Waals surface area contributed by atoms with E-state index in [0.29, 0.717) is 18.9 Å². The molecule has 4 rings (SSSR count). The van der Waals surface area contributed by atoms with Crippen molar-refractivity contribution in [3.63, 3.8) is 0 Å². The second-order valence-corrected chi connectivity index (χ2v) is 8.48. The second-order valence-electron chi connectivity index (χ2n) is 8.48. The standard InChI is InChI=1S/C22H31N3O3/c1-23-10-12-24(13-11-23)21(26)14-17-6-8-25(9-7-17)22(27)19-15-18-4-2-3-5-20(18)28-16-19/h2-5,17,19H,6-16H2,1H3. The SMILES string of the molecule is CN1CCN(C(=O)CC2CCN(C(=O)C3COc4ccccc4C3)CC2)CC1. The van der Waals surface area contributed by atoms with E-state index in [1.807, 2.05) is 34.1 Å². The van der Waals surface area contributed by atoms with E-state index in [9.17, 15) is 9.59 Å². The summed E-state index contributed by atoms with van der Waals surface area (Å²) in [7, 11) is 2.10. The number of ether oxygens (including phenoxy) is 1. The van der Waals surface area contributed by atoms with Gasteiger partial charge < -0.3 is 19.4 Å². The maximum atomic E-state index is 12.9. The van der Waals surface area contributed by atoms with Crippen molar-refractivity contribution in [1.82, 2.24) is 14.7 Å². The first-order valence-electron chi connectivity index (χ1n) is 10.6. The molecule has 0 radical (unpaired) electrons. The van der Waals surface area contributed by atoms with Crippen LogP contribution in [0.25, 0.3) is 0 Å². The van der Waals surface area contributed by atoms with Gasteiger partial charge in [-0.05, 0) is 43.9 Å². The van der Waals surface area contributed by atoms with Gasteiger partial charge in [-0.25, -0.2) is 0 Å². The van der Waals surface area contributed by atoms with E-state index in [0.717, 1.165) is 69.8 Å². The van der Waals surface area contributed by atoms with Crippen LogP contribution in [0.15, 0.2) is 24.3 Å². The van der Waals surface area contributed by atoms with Gasteiger partial charge in [0.1, 0.15) is 12.4 Å². The Labute approximate surface area is 167 Å². The molecule has 0 N–H and O–H groups in total. The highest BCUT2D eigenvalue weighted by molar-refractivity contribution is 5.80. The molecular weight excluding hydrogens is 354 g/mol. The summed E-state index contributed by atoms with van der Waals surface area (Å²) in [5.41, 5.74) is 1.12. The number of rotatable bonds is 3. The van der Waals surface area contributed by atoms with Gasteiger partial charge in [-0.1, -0.05) is 18.2 Å². The molecule has 0 aromatic heterocycles. The van der Waals surface area contributed by atoms with Crippen molar-refractivity contribution in [2.24, 2.45) is 11.8 Å². The molecule has 6 heteroatoms. The van der Waals surface area contributed by atoms with Gasteiger partial charge in [-0.15, -0.1) is 0 Å². The van der Waals surface area contributed by atoms with Crippen LogP contribution in [0.4, 0.5) is 0 Å². The molecule has 2 saturated heterocycles. The van der Waals surface area contributed by atoms with Crippen molar-refractivity contribution in [2.45, 2.75) is 25.7 Å². The molecule has 1 aromatic rings. The van der Waals surface area contributed by atoms with Gasteiger partial charge in [0.25, 0.3) is 0 Å². The highest BCUT2D eigenvalue weighted by atomic mass is 16.5. The van der Waals surface area contributed by atoms with Gasteiger partial charge in [-0.3, -0.25) is 9.59 Å². The number of likely N-dealkylation sites (N-methyl/N-ethyl adjacent to an activating group) is 1. The van der Waals surface area contributed by atoms with E-state index in [2.05, 4.69) is 11.9 Å². The minimum absolute atomic E-state index is 0.0848. The van der Waals surface area contributed by atoms with E-state index in [-0.39, 0.29) is 17.7 Å². The fourth-order valence-electron chi connectivity index (χ4n) is 4.53. The number of carbonyl (C=O) groups is 2. The number of piperidine rings is 1. The predicted octanol–water partition coefficient (Wildman–Crippen LogP) is 1.64. The summed E-state index contributed by atoms with van der Waals surface area (Å²) >= 11 is 0. The van der Waals surface area contributed by atoms with E-state index < -0.39 is 0 Å². The summed E-state index contributed by atoms with van der Waals surface area (Å²) in [5, 5.41) is 0. The first kappa shape index (κ1) is 19.2. The Balaban J connectivity index is 1.24. The van der Waals surface area contributed by atoms with Crippen LogP contribution in [0, 0.1) is 11.8 Å². The van der Waals surface area contributed by atoms with Crippen LogP contribution in [0.2, 0.25) is 0 Å². The van der Waals surface area contributed by atoms with Gasteiger partial charge in [0.2, 0.25) is 11.8 Å². The molecule has 28 heavy (non-hydrogen) atoms. The fourth-order valence-corrected chi connectivity index (χ4v) is 4.53.